The van der Waals surface area contributed by atoms with Crippen molar-refractivity contribution in [3.05, 3.63) is 41.0 Å². The molecule has 3 fully saturated rings. The Morgan fingerprint density at radius 3 is 2.72 bits per heavy atom. The van der Waals surface area contributed by atoms with Crippen molar-refractivity contribution >= 4 is 49.1 Å². The van der Waals surface area contributed by atoms with E-state index in [0.29, 0.717) is 43.7 Å². The van der Waals surface area contributed by atoms with Crippen LogP contribution in [-0.4, -0.2) is 83.3 Å². The number of aromatic nitrogens is 2. The molecule has 0 unspecified atom stereocenters. The molecular formula is C34H33F6N7O2S. The van der Waals surface area contributed by atoms with Gasteiger partial charge in [-0.1, -0.05) is 6.07 Å². The lowest BCUT2D eigenvalue weighted by molar-refractivity contribution is -0.137. The summed E-state index contributed by atoms with van der Waals surface area (Å²) in [4.78, 5) is 26.3. The van der Waals surface area contributed by atoms with E-state index in [2.05, 4.69) is 9.97 Å². The van der Waals surface area contributed by atoms with Crippen molar-refractivity contribution in [2.45, 2.75) is 63.0 Å². The number of alkyl halides is 4. The third-order valence-electron chi connectivity index (χ3n) is 10.3. The van der Waals surface area contributed by atoms with Crippen molar-refractivity contribution in [2.24, 2.45) is 0 Å². The monoisotopic (exact) mass is 717 g/mol. The Morgan fingerprint density at radius 1 is 1.22 bits per heavy atom. The van der Waals surface area contributed by atoms with Crippen molar-refractivity contribution in [3.8, 4) is 23.2 Å². The number of carbonyl (C=O) groups excluding carboxylic acids is 1. The molecule has 5 heterocycles. The number of thiophene rings is 1. The van der Waals surface area contributed by atoms with Gasteiger partial charge in [-0.2, -0.15) is 28.4 Å². The highest BCUT2D eigenvalue weighted by Crippen LogP contribution is 2.48. The number of likely N-dealkylation sites (tertiary alicyclic amines) is 1. The molecule has 0 saturated carbocycles. The van der Waals surface area contributed by atoms with E-state index in [1.54, 1.807) is 16.8 Å². The van der Waals surface area contributed by atoms with Crippen LogP contribution < -0.4 is 15.4 Å². The predicted octanol–water partition coefficient (Wildman–Crippen LogP) is 6.66. The van der Waals surface area contributed by atoms with Gasteiger partial charge in [-0.3, -0.25) is 9.69 Å². The third-order valence-corrected chi connectivity index (χ3v) is 11.4. The molecule has 264 valence electrons. The molecule has 0 bridgehead atoms. The van der Waals surface area contributed by atoms with Gasteiger partial charge < -0.3 is 20.3 Å². The first-order valence-electron chi connectivity index (χ1n) is 16.2. The number of hydrogen-bond acceptors (Lipinski definition) is 9. The number of piperidine rings is 1. The Morgan fingerprint density at radius 2 is 2.00 bits per heavy atom. The van der Waals surface area contributed by atoms with E-state index in [1.165, 1.54) is 6.92 Å². The third kappa shape index (κ3) is 5.64. The summed E-state index contributed by atoms with van der Waals surface area (Å²) in [5.74, 6) is -2.41. The minimum absolute atomic E-state index is 0.0168. The number of nitrogens with zero attached hydrogens (tertiary/aromatic N) is 6. The number of amides is 1. The number of nitrogens with two attached hydrogens (primary N) is 1. The number of anilines is 2. The summed E-state index contributed by atoms with van der Waals surface area (Å²) in [6.45, 7) is 3.15. The van der Waals surface area contributed by atoms with Gasteiger partial charge in [0.2, 0.25) is 5.91 Å². The van der Waals surface area contributed by atoms with Crippen molar-refractivity contribution in [2.75, 3.05) is 50.5 Å². The number of benzene rings is 2. The second-order valence-corrected chi connectivity index (χ2v) is 14.4. The van der Waals surface area contributed by atoms with Crippen molar-refractivity contribution in [3.63, 3.8) is 0 Å². The summed E-state index contributed by atoms with van der Waals surface area (Å²) in [5, 5.41) is 9.20. The van der Waals surface area contributed by atoms with Crippen molar-refractivity contribution in [1.29, 1.82) is 5.26 Å². The van der Waals surface area contributed by atoms with Gasteiger partial charge in [0.05, 0.1) is 21.4 Å². The fourth-order valence-corrected chi connectivity index (χ4v) is 8.85. The first kappa shape index (κ1) is 34.1. The number of nitrogen functional groups attached to an aromatic ring is 1. The molecule has 2 N–H and O–H groups in total. The summed E-state index contributed by atoms with van der Waals surface area (Å²) in [7, 11) is 1.61. The van der Waals surface area contributed by atoms with E-state index in [9.17, 15) is 32.0 Å². The van der Waals surface area contributed by atoms with E-state index in [0.717, 1.165) is 24.6 Å². The van der Waals surface area contributed by atoms with Gasteiger partial charge in [-0.25, -0.2) is 13.2 Å². The molecule has 3 saturated heterocycles. The quantitative estimate of drug-likeness (QED) is 0.221. The normalized spacial score (nSPS) is 22.7. The lowest BCUT2D eigenvalue weighted by Crippen LogP contribution is -2.48. The second-order valence-electron chi connectivity index (χ2n) is 13.3. The van der Waals surface area contributed by atoms with Crippen LogP contribution in [0.2, 0.25) is 0 Å². The molecule has 50 heavy (non-hydrogen) atoms. The molecule has 3 atom stereocenters. The molecule has 3 aliphatic heterocycles. The maximum atomic E-state index is 17.1. The molecule has 0 spiro atoms. The van der Waals surface area contributed by atoms with Crippen LogP contribution >= 0.6 is 11.3 Å². The minimum atomic E-state index is -5.11. The van der Waals surface area contributed by atoms with E-state index < -0.39 is 46.2 Å². The lowest BCUT2D eigenvalue weighted by atomic mass is 9.92. The number of rotatable bonds is 6. The van der Waals surface area contributed by atoms with Crippen LogP contribution in [0.15, 0.2) is 18.2 Å². The van der Waals surface area contributed by atoms with E-state index in [4.69, 9.17) is 10.5 Å². The average molecular weight is 718 g/mol. The van der Waals surface area contributed by atoms with Crippen LogP contribution in [-0.2, 0) is 11.0 Å². The average Bonchev–Trinajstić information content (AvgIpc) is 3.72. The summed E-state index contributed by atoms with van der Waals surface area (Å²) in [6.07, 6.45) is -3.23. The zero-order valence-electron chi connectivity index (χ0n) is 27.2. The molecule has 9 nitrogen and oxygen atoms in total. The van der Waals surface area contributed by atoms with Gasteiger partial charge in [-0.05, 0) is 49.9 Å². The zero-order chi connectivity index (χ0) is 35.7. The zero-order valence-corrected chi connectivity index (χ0v) is 28.0. The number of likely N-dealkylation sites (N-methyl/N-ethyl adjacent to an activating group) is 1. The number of fused-ring (bicyclic) bond motifs is 3. The fraction of sp³-hybridized carbons (Fsp3) is 0.471. The summed E-state index contributed by atoms with van der Waals surface area (Å²) in [5.41, 5.74) is 1.88. The number of ether oxygens (including phenoxy) is 1. The van der Waals surface area contributed by atoms with Crippen LogP contribution in [0.5, 0.6) is 6.01 Å². The largest absolute Gasteiger partial charge is 0.461 e. The Hall–Kier alpha value is -4.36. The summed E-state index contributed by atoms with van der Waals surface area (Å²) < 4.78 is 97.3. The van der Waals surface area contributed by atoms with E-state index in [-0.39, 0.29) is 81.5 Å². The Labute approximate surface area is 287 Å². The molecule has 3 aliphatic rings. The first-order valence-corrected chi connectivity index (χ1v) is 17.1. The maximum Gasteiger partial charge on any atom is 0.417 e. The summed E-state index contributed by atoms with van der Waals surface area (Å²) >= 11 is 0.680. The molecule has 16 heteroatoms. The predicted molar refractivity (Wildman–Crippen MR) is 177 cm³/mol. The highest BCUT2D eigenvalue weighted by molar-refractivity contribution is 7.23. The Bertz CT molecular complexity index is 2070. The topological polar surface area (TPSA) is 112 Å². The van der Waals surface area contributed by atoms with E-state index in [1.807, 2.05) is 11.0 Å². The molecular weight excluding hydrogens is 684 g/mol. The highest BCUT2D eigenvalue weighted by atomic mass is 32.1. The molecule has 4 aromatic rings. The van der Waals surface area contributed by atoms with Gasteiger partial charge in [0, 0.05) is 62.4 Å². The number of carbonyl (C=O) groups is 1. The molecule has 0 aliphatic carbocycles. The van der Waals surface area contributed by atoms with Gasteiger partial charge in [0.25, 0.3) is 0 Å². The van der Waals surface area contributed by atoms with E-state index >= 15 is 4.39 Å². The maximum absolute atomic E-state index is 17.1. The molecule has 7 rings (SSSR count). The van der Waals surface area contributed by atoms with Gasteiger partial charge >= 0.3 is 12.2 Å². The smallest absolute Gasteiger partial charge is 0.417 e. The van der Waals surface area contributed by atoms with Crippen LogP contribution in [0.3, 0.4) is 0 Å². The number of halogens is 6. The van der Waals surface area contributed by atoms with Crippen LogP contribution in [0.25, 0.3) is 32.1 Å². The molecule has 1 amide bonds. The summed E-state index contributed by atoms with van der Waals surface area (Å²) in [6, 6.07) is 3.78. The van der Waals surface area contributed by atoms with Crippen LogP contribution in [0.4, 0.5) is 37.2 Å². The van der Waals surface area contributed by atoms with Crippen LogP contribution in [0, 0.1) is 23.0 Å². The van der Waals surface area contributed by atoms with Gasteiger partial charge in [-0.15, -0.1) is 11.3 Å². The second kappa shape index (κ2) is 12.4. The van der Waals surface area contributed by atoms with Crippen LogP contribution in [0.1, 0.15) is 50.2 Å². The van der Waals surface area contributed by atoms with Gasteiger partial charge in [0.1, 0.15) is 41.0 Å². The number of nitriles is 1. The minimum Gasteiger partial charge on any atom is -0.461 e. The SMILES string of the molecule is CC(=O)N1CCC[C@H](N(C)c2nc(OC[C@@]34CCCN3C[C@H](F)C4)nc3c(F)c(-c4ccc(F)c5sc(N)c(C#N)c45)c(C(F)(F)F)cc23)C1. The lowest BCUT2D eigenvalue weighted by Gasteiger charge is -2.38. The standard InChI is InChI=1S/C34H33F6N7O2S/c1-17(48)46-9-3-5-19(15-46)45(2)31-21-11-23(34(38,39)40)26(20-6-7-24(36)29-25(20)22(13-41)30(42)50-29)27(37)28(21)43-32(44-31)49-16-33-8-4-10-47(33)14-18(35)12-33/h6-7,11,18-19H,3-5,8-10,12,14-16,42H2,1-2H3/t18-,19+,33+/m1/s1. The van der Waals surface area contributed by atoms with Crippen molar-refractivity contribution < 1.29 is 35.9 Å². The van der Waals surface area contributed by atoms with Gasteiger partial charge in [0.15, 0.2) is 5.82 Å². The Balaban J connectivity index is 1.45. The molecule has 2 aromatic heterocycles. The molecule has 2 aromatic carbocycles. The van der Waals surface area contributed by atoms with Crippen molar-refractivity contribution in [1.82, 2.24) is 19.8 Å². The molecule has 0 radical (unpaired) electrons. The Kier molecular flexibility index (Phi) is 8.49. The fourth-order valence-electron chi connectivity index (χ4n) is 7.90. The first-order chi connectivity index (χ1) is 23.7. The highest BCUT2D eigenvalue weighted by Gasteiger charge is 2.49. The number of hydrogen-bond donors (Lipinski definition) is 1.